The van der Waals surface area contributed by atoms with E-state index in [-0.39, 0.29) is 17.2 Å². The molecule has 0 radical (unpaired) electrons. The monoisotopic (exact) mass is 550 g/mol. The number of anilines is 4. The van der Waals surface area contributed by atoms with Gasteiger partial charge in [0.2, 0.25) is 0 Å². The van der Waals surface area contributed by atoms with Gasteiger partial charge in [-0.1, -0.05) is 23.3 Å². The van der Waals surface area contributed by atoms with Crippen molar-refractivity contribution in [1.82, 2.24) is 24.5 Å². The lowest BCUT2D eigenvalue weighted by atomic mass is 9.72. The molecule has 3 aliphatic rings. The Hall–Kier alpha value is -3.71. The third-order valence-corrected chi connectivity index (χ3v) is 8.13. The number of nitrogens with one attached hydrogen (secondary N) is 2. The number of hydrogen-bond donors (Lipinski definition) is 3. The van der Waals surface area contributed by atoms with Gasteiger partial charge >= 0.3 is 0 Å². The van der Waals surface area contributed by atoms with Crippen LogP contribution in [0.4, 0.5) is 33.3 Å². The number of aliphatic hydroxyl groups is 1. The Morgan fingerprint density at radius 1 is 1.31 bits per heavy atom. The van der Waals surface area contributed by atoms with Crippen LogP contribution in [-0.4, -0.2) is 81.1 Å². The molecule has 0 bridgehead atoms. The molecule has 202 valence electrons. The molecule has 6 rings (SSSR count). The highest BCUT2D eigenvalue weighted by molar-refractivity contribution is 6.36. The zero-order valence-electron chi connectivity index (χ0n) is 21.2. The molecule has 1 spiro atoms. The van der Waals surface area contributed by atoms with Crippen LogP contribution in [0.15, 0.2) is 18.3 Å². The molecule has 39 heavy (non-hydrogen) atoms. The normalized spacial score (nSPS) is 19.4. The number of aliphatic hydroxyl groups excluding tert-OH is 1. The summed E-state index contributed by atoms with van der Waals surface area (Å²) in [6.07, 6.45) is 4.52. The average molecular weight is 551 g/mol. The van der Waals surface area contributed by atoms with Crippen molar-refractivity contribution < 1.29 is 9.50 Å². The first-order valence-corrected chi connectivity index (χ1v) is 13.4. The predicted molar refractivity (Wildman–Crippen MR) is 145 cm³/mol. The highest BCUT2D eigenvalue weighted by atomic mass is 35.5. The maximum absolute atomic E-state index is 12.7. The van der Waals surface area contributed by atoms with Crippen LogP contribution in [0, 0.1) is 23.3 Å². The molecule has 0 amide bonds. The molecule has 1 atom stereocenters. The highest BCUT2D eigenvalue weighted by Crippen LogP contribution is 2.44. The van der Waals surface area contributed by atoms with Crippen LogP contribution in [0.5, 0.6) is 0 Å². The summed E-state index contributed by atoms with van der Waals surface area (Å²) >= 11 is 6.90. The fraction of sp³-hybridized carbons (Fsp3) is 0.500. The summed E-state index contributed by atoms with van der Waals surface area (Å²) in [5.74, 6) is 1.04. The van der Waals surface area contributed by atoms with Crippen LogP contribution >= 0.6 is 11.6 Å². The molecule has 2 aliphatic heterocycles. The van der Waals surface area contributed by atoms with Crippen LogP contribution < -0.4 is 15.5 Å². The van der Waals surface area contributed by atoms with Crippen molar-refractivity contribution in [2.45, 2.75) is 37.8 Å². The predicted octanol–water partition coefficient (Wildman–Crippen LogP) is 3.75. The minimum Gasteiger partial charge on any atom is -0.389 e. The molecular formula is C26H28ClFN10O. The molecule has 13 heteroatoms. The Morgan fingerprint density at radius 3 is 2.74 bits per heavy atom. The number of fused-ring (bicyclic) bond motifs is 1. The Kier molecular flexibility index (Phi) is 6.63. The first-order chi connectivity index (χ1) is 18.9. The van der Waals surface area contributed by atoms with Crippen LogP contribution in [0.2, 0.25) is 5.02 Å². The SMILES string of the molecule is [C-]#[N+]c1cnc2c(NC3CC3)nc(Nc3cc(C#N)cc(N4CCC5(CC4)CN(CC(O)CF)C5)c3Cl)nn12. The number of benzene rings is 1. The number of imidazole rings is 1. The van der Waals surface area contributed by atoms with E-state index in [0.29, 0.717) is 40.3 Å². The summed E-state index contributed by atoms with van der Waals surface area (Å²) < 4.78 is 14.1. The van der Waals surface area contributed by atoms with E-state index in [4.69, 9.17) is 18.2 Å². The second-order valence-electron chi connectivity index (χ2n) is 10.7. The van der Waals surface area contributed by atoms with Gasteiger partial charge in [0.15, 0.2) is 5.82 Å². The number of aromatic nitrogens is 4. The van der Waals surface area contributed by atoms with E-state index in [1.165, 1.54) is 10.7 Å². The lowest BCUT2D eigenvalue weighted by Gasteiger charge is -2.54. The standard InChI is InChI=1S/C26H28ClFN10O/c1-30-21-12-31-24-23(32-17-2-3-17)34-25(35-38(21)24)33-19-8-16(11-29)9-20(22(19)27)37-6-4-26(5-7-37)14-36(15-26)13-18(39)10-28/h8-9,12,17-18,39H,2-7,10,13-15H2,(H2,32,33,34,35). The Balaban J connectivity index is 1.23. The number of nitrogens with zero attached hydrogens (tertiary/aromatic N) is 8. The van der Waals surface area contributed by atoms with E-state index in [1.807, 2.05) is 0 Å². The highest BCUT2D eigenvalue weighted by Gasteiger charge is 2.45. The van der Waals surface area contributed by atoms with E-state index < -0.39 is 12.8 Å². The van der Waals surface area contributed by atoms with E-state index in [0.717, 1.165) is 57.5 Å². The lowest BCUT2D eigenvalue weighted by Crippen LogP contribution is -2.61. The van der Waals surface area contributed by atoms with Gasteiger partial charge < -0.3 is 25.5 Å². The average Bonchev–Trinajstić information content (AvgIpc) is 3.65. The maximum atomic E-state index is 12.7. The minimum absolute atomic E-state index is 0.173. The molecule has 3 aromatic rings. The van der Waals surface area contributed by atoms with Gasteiger partial charge in [0.05, 0.1) is 40.3 Å². The largest absolute Gasteiger partial charge is 0.389 e. The van der Waals surface area contributed by atoms with Crippen LogP contribution in [-0.2, 0) is 0 Å². The van der Waals surface area contributed by atoms with Crippen molar-refractivity contribution in [3.05, 3.63) is 40.3 Å². The van der Waals surface area contributed by atoms with Crippen molar-refractivity contribution in [2.75, 3.05) is 54.9 Å². The van der Waals surface area contributed by atoms with Crippen LogP contribution in [0.25, 0.3) is 10.5 Å². The third kappa shape index (κ3) is 5.03. The van der Waals surface area contributed by atoms with Gasteiger partial charge in [-0.3, -0.25) is 4.90 Å². The Morgan fingerprint density at radius 2 is 2.08 bits per heavy atom. The Bertz CT molecular complexity index is 1480. The number of hydrogen-bond acceptors (Lipinski definition) is 9. The first-order valence-electron chi connectivity index (χ1n) is 13.0. The summed E-state index contributed by atoms with van der Waals surface area (Å²) in [6.45, 7) is 10.4. The summed E-state index contributed by atoms with van der Waals surface area (Å²) in [6, 6.07) is 6.01. The fourth-order valence-electron chi connectivity index (χ4n) is 5.55. The summed E-state index contributed by atoms with van der Waals surface area (Å²) in [4.78, 5) is 16.7. The number of β-amino-alcohol motifs (C(OH)–C–C–N with tert-alkyl or cyclic N) is 1. The number of alkyl halides is 1. The number of likely N-dealkylation sites (tertiary alicyclic amines) is 1. The molecule has 2 saturated heterocycles. The molecular weight excluding hydrogens is 523 g/mol. The molecule has 1 aliphatic carbocycles. The summed E-state index contributed by atoms with van der Waals surface area (Å²) in [7, 11) is 0. The Labute approximate surface area is 230 Å². The van der Waals surface area contributed by atoms with E-state index in [2.05, 4.69) is 46.4 Å². The topological polar surface area (TPSA) is 122 Å². The number of piperidine rings is 1. The van der Waals surface area contributed by atoms with Gasteiger partial charge in [-0.15, -0.1) is 4.52 Å². The number of nitriles is 1. The fourth-order valence-corrected chi connectivity index (χ4v) is 5.82. The smallest absolute Gasteiger partial charge is 0.275 e. The van der Waals surface area contributed by atoms with Crippen molar-refractivity contribution in [2.24, 2.45) is 5.41 Å². The summed E-state index contributed by atoms with van der Waals surface area (Å²) in [5, 5.41) is 30.8. The molecule has 4 heterocycles. The first kappa shape index (κ1) is 25.6. The molecule has 3 N–H and O–H groups in total. The molecule has 11 nitrogen and oxygen atoms in total. The molecule has 1 saturated carbocycles. The van der Waals surface area contributed by atoms with Gasteiger partial charge in [0.1, 0.15) is 6.67 Å². The van der Waals surface area contributed by atoms with Gasteiger partial charge in [-0.25, -0.2) is 9.37 Å². The van der Waals surface area contributed by atoms with Crippen LogP contribution in [0.1, 0.15) is 31.2 Å². The van der Waals surface area contributed by atoms with E-state index >= 15 is 0 Å². The molecule has 3 fully saturated rings. The van der Waals surface area contributed by atoms with Crippen LogP contribution in [0.3, 0.4) is 0 Å². The van der Waals surface area contributed by atoms with Crippen molar-refractivity contribution in [3.63, 3.8) is 0 Å². The van der Waals surface area contributed by atoms with Gasteiger partial charge in [-0.2, -0.15) is 10.2 Å². The zero-order valence-corrected chi connectivity index (χ0v) is 22.0. The van der Waals surface area contributed by atoms with Gasteiger partial charge in [0, 0.05) is 38.8 Å². The van der Waals surface area contributed by atoms with E-state index in [1.54, 1.807) is 12.1 Å². The second-order valence-corrected chi connectivity index (χ2v) is 11.1. The lowest BCUT2D eigenvalue weighted by molar-refractivity contribution is -0.0449. The summed E-state index contributed by atoms with van der Waals surface area (Å²) in [5.41, 5.74) is 2.37. The van der Waals surface area contributed by atoms with Gasteiger partial charge in [0.25, 0.3) is 17.4 Å². The van der Waals surface area contributed by atoms with E-state index in [9.17, 15) is 14.8 Å². The maximum Gasteiger partial charge on any atom is 0.275 e. The third-order valence-electron chi connectivity index (χ3n) is 7.74. The zero-order chi connectivity index (χ0) is 27.1. The number of rotatable bonds is 8. The quantitative estimate of drug-likeness (QED) is 0.360. The van der Waals surface area contributed by atoms with Crippen molar-refractivity contribution in [1.29, 1.82) is 5.26 Å². The second kappa shape index (κ2) is 10.1. The molecule has 2 aromatic heterocycles. The van der Waals surface area contributed by atoms with Gasteiger partial charge in [-0.05, 0) is 43.2 Å². The number of halogens is 2. The van der Waals surface area contributed by atoms with Crippen molar-refractivity contribution in [3.8, 4) is 6.07 Å². The van der Waals surface area contributed by atoms with Crippen molar-refractivity contribution >= 4 is 46.2 Å². The molecule has 1 aromatic carbocycles. The molecule has 1 unspecified atom stereocenters. The minimum atomic E-state index is -0.923.